The molecule has 1 aromatic carbocycles. The van der Waals surface area contributed by atoms with Crippen molar-refractivity contribution in [2.24, 2.45) is 5.92 Å². The molecule has 0 bridgehead atoms. The van der Waals surface area contributed by atoms with Gasteiger partial charge in [0.15, 0.2) is 0 Å². The Kier molecular flexibility index (Phi) is 4.88. The van der Waals surface area contributed by atoms with Crippen LogP contribution in [0.4, 0.5) is 5.82 Å². The molecule has 0 spiro atoms. The lowest BCUT2D eigenvalue weighted by molar-refractivity contribution is 0.161. The van der Waals surface area contributed by atoms with Crippen LogP contribution in [0.1, 0.15) is 20.3 Å². The molecule has 0 unspecified atom stereocenters. The zero-order chi connectivity index (χ0) is 16.2. The van der Waals surface area contributed by atoms with Crippen LogP contribution in [0.2, 0.25) is 0 Å². The number of anilines is 1. The van der Waals surface area contributed by atoms with Crippen molar-refractivity contribution < 1.29 is 5.11 Å². The topological polar surface area (TPSA) is 58.0 Å². The third kappa shape index (κ3) is 3.86. The van der Waals surface area contributed by atoms with Gasteiger partial charge in [0, 0.05) is 11.4 Å². The standard InChI is InChI=1S/C18H21N3OS/c1-12(2)8-14(22)10-19-17-15-9-16(13-6-4-3-5-7-13)23-18(15)21-11-20-17/h3-7,9,11-12,14,22H,8,10H2,1-2H3,(H,19,20,21)/t14-/m1/s1. The van der Waals surface area contributed by atoms with Gasteiger partial charge in [0.25, 0.3) is 0 Å². The quantitative estimate of drug-likeness (QED) is 0.713. The van der Waals surface area contributed by atoms with Gasteiger partial charge in [0.2, 0.25) is 0 Å². The summed E-state index contributed by atoms with van der Waals surface area (Å²) in [4.78, 5) is 10.8. The van der Waals surface area contributed by atoms with Crippen molar-refractivity contribution in [3.8, 4) is 10.4 Å². The fourth-order valence-electron chi connectivity index (χ4n) is 2.58. The van der Waals surface area contributed by atoms with Crippen molar-refractivity contribution in [1.29, 1.82) is 0 Å². The van der Waals surface area contributed by atoms with Crippen LogP contribution in [0.5, 0.6) is 0 Å². The Hall–Kier alpha value is -1.98. The number of thiophene rings is 1. The smallest absolute Gasteiger partial charge is 0.138 e. The zero-order valence-corrected chi connectivity index (χ0v) is 14.2. The Labute approximate surface area is 140 Å². The molecule has 0 amide bonds. The average molecular weight is 327 g/mol. The number of aliphatic hydroxyl groups is 1. The highest BCUT2D eigenvalue weighted by Crippen LogP contribution is 2.34. The summed E-state index contributed by atoms with van der Waals surface area (Å²) in [7, 11) is 0. The number of fused-ring (bicyclic) bond motifs is 1. The lowest BCUT2D eigenvalue weighted by atomic mass is 10.1. The molecule has 5 heteroatoms. The summed E-state index contributed by atoms with van der Waals surface area (Å²) in [6, 6.07) is 12.4. The van der Waals surface area contributed by atoms with E-state index in [0.29, 0.717) is 12.5 Å². The fourth-order valence-corrected chi connectivity index (χ4v) is 3.59. The Morgan fingerprint density at radius 2 is 1.96 bits per heavy atom. The summed E-state index contributed by atoms with van der Waals surface area (Å²) in [5.41, 5.74) is 1.18. The molecule has 0 aliphatic rings. The van der Waals surface area contributed by atoms with Crippen molar-refractivity contribution in [2.45, 2.75) is 26.4 Å². The van der Waals surface area contributed by atoms with Gasteiger partial charge in [0.05, 0.1) is 11.5 Å². The molecule has 120 valence electrons. The van der Waals surface area contributed by atoms with E-state index in [4.69, 9.17) is 0 Å². The maximum atomic E-state index is 10.0. The lowest BCUT2D eigenvalue weighted by Crippen LogP contribution is -2.21. The minimum absolute atomic E-state index is 0.368. The third-order valence-corrected chi connectivity index (χ3v) is 4.73. The normalized spacial score (nSPS) is 12.7. The predicted molar refractivity (Wildman–Crippen MR) is 96.8 cm³/mol. The molecule has 0 saturated carbocycles. The molecular weight excluding hydrogens is 306 g/mol. The summed E-state index contributed by atoms with van der Waals surface area (Å²) < 4.78 is 0. The number of hydrogen-bond acceptors (Lipinski definition) is 5. The number of aromatic nitrogens is 2. The highest BCUT2D eigenvalue weighted by Gasteiger charge is 2.12. The van der Waals surface area contributed by atoms with E-state index in [1.807, 2.05) is 18.2 Å². The molecular formula is C18H21N3OS. The van der Waals surface area contributed by atoms with Crippen LogP contribution in [0.3, 0.4) is 0 Å². The Morgan fingerprint density at radius 3 is 2.70 bits per heavy atom. The molecule has 1 atom stereocenters. The number of nitrogens with zero attached hydrogens (tertiary/aromatic N) is 2. The predicted octanol–water partition coefficient (Wildman–Crippen LogP) is 4.18. The second-order valence-electron chi connectivity index (χ2n) is 6.08. The fraction of sp³-hybridized carbons (Fsp3) is 0.333. The van der Waals surface area contributed by atoms with Crippen molar-refractivity contribution in [1.82, 2.24) is 9.97 Å². The minimum atomic E-state index is -0.368. The van der Waals surface area contributed by atoms with Gasteiger partial charge >= 0.3 is 0 Å². The first-order chi connectivity index (χ1) is 11.1. The SMILES string of the molecule is CC(C)C[C@@H](O)CNc1ncnc2sc(-c3ccccc3)cc12. The lowest BCUT2D eigenvalue weighted by Gasteiger charge is -2.14. The number of rotatable bonds is 6. The summed E-state index contributed by atoms with van der Waals surface area (Å²) in [6.45, 7) is 4.72. The van der Waals surface area contributed by atoms with Crippen molar-refractivity contribution in [3.63, 3.8) is 0 Å². The van der Waals surface area contributed by atoms with E-state index < -0.39 is 0 Å². The first kappa shape index (κ1) is 15.9. The largest absolute Gasteiger partial charge is 0.391 e. The first-order valence-corrected chi connectivity index (χ1v) is 8.67. The minimum Gasteiger partial charge on any atom is -0.391 e. The molecule has 0 aliphatic heterocycles. The van der Waals surface area contributed by atoms with E-state index in [0.717, 1.165) is 22.5 Å². The van der Waals surface area contributed by atoms with Gasteiger partial charge < -0.3 is 10.4 Å². The second kappa shape index (κ2) is 7.06. The third-order valence-electron chi connectivity index (χ3n) is 3.64. The highest BCUT2D eigenvalue weighted by molar-refractivity contribution is 7.21. The van der Waals surface area contributed by atoms with Gasteiger partial charge in [0.1, 0.15) is 17.0 Å². The maximum Gasteiger partial charge on any atom is 0.138 e. The molecule has 0 fully saturated rings. The van der Waals surface area contributed by atoms with E-state index in [2.05, 4.69) is 47.3 Å². The van der Waals surface area contributed by atoms with E-state index in [-0.39, 0.29) is 6.10 Å². The van der Waals surface area contributed by atoms with Gasteiger partial charge in [-0.05, 0) is 24.0 Å². The Bertz CT molecular complexity index is 770. The van der Waals surface area contributed by atoms with Crippen LogP contribution in [0.25, 0.3) is 20.7 Å². The van der Waals surface area contributed by atoms with Crippen molar-refractivity contribution in [3.05, 3.63) is 42.7 Å². The number of hydrogen-bond donors (Lipinski definition) is 2. The van der Waals surface area contributed by atoms with Gasteiger partial charge in [-0.15, -0.1) is 11.3 Å². The molecule has 2 aromatic heterocycles. The second-order valence-corrected chi connectivity index (χ2v) is 7.11. The van der Waals surface area contributed by atoms with Gasteiger partial charge in [-0.25, -0.2) is 9.97 Å². The zero-order valence-electron chi connectivity index (χ0n) is 13.4. The van der Waals surface area contributed by atoms with E-state index in [1.165, 1.54) is 10.4 Å². The number of benzene rings is 1. The Balaban J connectivity index is 1.83. The maximum absolute atomic E-state index is 10.0. The van der Waals surface area contributed by atoms with E-state index in [9.17, 15) is 5.11 Å². The van der Waals surface area contributed by atoms with Crippen molar-refractivity contribution in [2.75, 3.05) is 11.9 Å². The van der Waals surface area contributed by atoms with Crippen LogP contribution in [0, 0.1) is 5.92 Å². The molecule has 3 aromatic rings. The first-order valence-electron chi connectivity index (χ1n) is 7.85. The highest BCUT2D eigenvalue weighted by atomic mass is 32.1. The van der Waals surface area contributed by atoms with Crippen molar-refractivity contribution >= 4 is 27.4 Å². The van der Waals surface area contributed by atoms with Crippen LogP contribution in [-0.2, 0) is 0 Å². The number of nitrogens with one attached hydrogen (secondary N) is 1. The van der Waals surface area contributed by atoms with Crippen LogP contribution >= 0.6 is 11.3 Å². The molecule has 4 nitrogen and oxygen atoms in total. The van der Waals surface area contributed by atoms with Crippen LogP contribution < -0.4 is 5.32 Å². The average Bonchev–Trinajstić information content (AvgIpc) is 2.98. The van der Waals surface area contributed by atoms with Gasteiger partial charge in [-0.2, -0.15) is 0 Å². The molecule has 0 saturated heterocycles. The molecule has 3 rings (SSSR count). The van der Waals surface area contributed by atoms with Crippen LogP contribution in [0.15, 0.2) is 42.7 Å². The summed E-state index contributed by atoms with van der Waals surface area (Å²) in [5, 5.41) is 14.3. The molecule has 0 radical (unpaired) electrons. The molecule has 23 heavy (non-hydrogen) atoms. The summed E-state index contributed by atoms with van der Waals surface area (Å²) in [5.74, 6) is 1.26. The van der Waals surface area contributed by atoms with Crippen LogP contribution in [-0.4, -0.2) is 27.7 Å². The van der Waals surface area contributed by atoms with Gasteiger partial charge in [-0.1, -0.05) is 44.2 Å². The Morgan fingerprint density at radius 1 is 1.17 bits per heavy atom. The number of aliphatic hydroxyl groups excluding tert-OH is 1. The molecule has 2 heterocycles. The summed E-state index contributed by atoms with van der Waals surface area (Å²) in [6.07, 6.45) is 1.98. The summed E-state index contributed by atoms with van der Waals surface area (Å²) >= 11 is 1.66. The monoisotopic (exact) mass is 327 g/mol. The van der Waals surface area contributed by atoms with E-state index >= 15 is 0 Å². The van der Waals surface area contributed by atoms with Gasteiger partial charge in [-0.3, -0.25) is 0 Å². The van der Waals surface area contributed by atoms with E-state index in [1.54, 1.807) is 17.7 Å². The molecule has 0 aliphatic carbocycles. The molecule has 2 N–H and O–H groups in total.